The van der Waals surface area contributed by atoms with E-state index in [0.29, 0.717) is 29.1 Å². The van der Waals surface area contributed by atoms with Crippen molar-refractivity contribution in [2.75, 3.05) is 10.6 Å². The summed E-state index contributed by atoms with van der Waals surface area (Å²) in [5, 5.41) is 13.2. The summed E-state index contributed by atoms with van der Waals surface area (Å²) >= 11 is -2.34. The first-order valence-corrected chi connectivity index (χ1v) is 11.0. The van der Waals surface area contributed by atoms with Gasteiger partial charge in [0.1, 0.15) is 11.0 Å². The normalized spacial score (nSPS) is 14.1. The van der Waals surface area contributed by atoms with E-state index in [1.807, 2.05) is 42.5 Å². The number of fused-ring (bicyclic) bond motifs is 2. The van der Waals surface area contributed by atoms with Crippen LogP contribution >= 0.6 is 0 Å². The van der Waals surface area contributed by atoms with E-state index in [4.69, 9.17) is 0 Å². The largest absolute Gasteiger partial charge is 0.760 e. The van der Waals surface area contributed by atoms with Gasteiger partial charge in [-0.15, -0.1) is 0 Å². The molecule has 1 amide bonds. The summed E-state index contributed by atoms with van der Waals surface area (Å²) in [5.41, 5.74) is 5.45. The van der Waals surface area contributed by atoms with E-state index in [2.05, 4.69) is 35.5 Å². The number of hydrogen-bond acceptors (Lipinski definition) is 7. The summed E-state index contributed by atoms with van der Waals surface area (Å²) in [5.74, 6) is 1.01. The first kappa shape index (κ1) is 20.2. The van der Waals surface area contributed by atoms with Gasteiger partial charge in [0.25, 0.3) is 0 Å². The molecule has 3 heterocycles. The fourth-order valence-corrected chi connectivity index (χ4v) is 3.89. The Morgan fingerprint density at radius 1 is 1.12 bits per heavy atom. The number of anilines is 3. The van der Waals surface area contributed by atoms with Crippen molar-refractivity contribution >= 4 is 45.4 Å². The van der Waals surface area contributed by atoms with Crippen LogP contribution in [0.1, 0.15) is 17.5 Å². The molecule has 0 saturated heterocycles. The van der Waals surface area contributed by atoms with Crippen LogP contribution in [0.2, 0.25) is 0 Å². The Hall–Kier alpha value is -3.67. The maximum atomic E-state index is 11.7. The molecule has 4 N–H and O–H groups in total. The number of benzene rings is 2. The zero-order valence-electron chi connectivity index (χ0n) is 16.7. The van der Waals surface area contributed by atoms with Gasteiger partial charge in [0.2, 0.25) is 5.91 Å². The molecule has 162 valence electrons. The van der Waals surface area contributed by atoms with Crippen molar-refractivity contribution in [1.82, 2.24) is 24.9 Å². The standard InChI is InChI=1S/C21H19N7O3S/c29-18-7-5-13-4-6-15(9-16(13)25-18)24-21-19-17(11-22-28-19)26-20(27-21)14-3-1-2-12(8-14)10-23-32(30)31/h1-4,6,8-9,11,23H,5,7,10H2,(H,22,28)(H,25,29)(H,30,31)(H,24,26,27)/p-1. The van der Waals surface area contributed by atoms with E-state index in [0.717, 1.165) is 34.5 Å². The number of aryl methyl sites for hydroxylation is 1. The van der Waals surface area contributed by atoms with Crippen molar-refractivity contribution in [2.45, 2.75) is 19.4 Å². The SMILES string of the molecule is O=C1CCc2ccc(Nc3nc(-c4cccc(CNS(=O)[O-])c4)nc4cn[nH]c34)cc2N1. The summed E-state index contributed by atoms with van der Waals surface area (Å²) < 4.78 is 23.9. The van der Waals surface area contributed by atoms with E-state index in [1.165, 1.54) is 0 Å². The molecule has 2 aromatic heterocycles. The van der Waals surface area contributed by atoms with Crippen LogP contribution in [0, 0.1) is 0 Å². The first-order chi connectivity index (χ1) is 15.5. The molecular weight excluding hydrogens is 430 g/mol. The summed E-state index contributed by atoms with van der Waals surface area (Å²) in [6.07, 6.45) is 2.82. The number of carbonyl (C=O) groups excluding carboxylic acids is 1. The van der Waals surface area contributed by atoms with Crippen LogP contribution in [-0.2, 0) is 29.0 Å². The van der Waals surface area contributed by atoms with Crippen molar-refractivity contribution in [2.24, 2.45) is 0 Å². The minimum atomic E-state index is -2.34. The molecule has 4 aromatic rings. The summed E-state index contributed by atoms with van der Waals surface area (Å²) in [4.78, 5) is 21.0. The molecule has 0 fully saturated rings. The average Bonchev–Trinajstić information content (AvgIpc) is 3.27. The number of aromatic amines is 1. The van der Waals surface area contributed by atoms with E-state index < -0.39 is 11.3 Å². The zero-order chi connectivity index (χ0) is 22.1. The highest BCUT2D eigenvalue weighted by atomic mass is 32.2. The molecule has 1 aliphatic rings. The molecule has 1 aliphatic heterocycles. The Kier molecular flexibility index (Phi) is 5.35. The average molecular weight is 448 g/mol. The van der Waals surface area contributed by atoms with Crippen molar-refractivity contribution in [3.8, 4) is 11.4 Å². The second-order valence-electron chi connectivity index (χ2n) is 7.33. The highest BCUT2D eigenvalue weighted by Crippen LogP contribution is 2.30. The van der Waals surface area contributed by atoms with Crippen molar-refractivity contribution in [3.05, 3.63) is 59.8 Å². The van der Waals surface area contributed by atoms with Crippen LogP contribution in [0.5, 0.6) is 0 Å². The van der Waals surface area contributed by atoms with Crippen molar-refractivity contribution in [1.29, 1.82) is 0 Å². The summed E-state index contributed by atoms with van der Waals surface area (Å²) in [6.45, 7) is 0.170. The third-order valence-corrected chi connectivity index (χ3v) is 5.53. The highest BCUT2D eigenvalue weighted by Gasteiger charge is 2.16. The highest BCUT2D eigenvalue weighted by molar-refractivity contribution is 7.77. The maximum absolute atomic E-state index is 11.7. The van der Waals surface area contributed by atoms with Gasteiger partial charge in [-0.2, -0.15) is 5.10 Å². The third kappa shape index (κ3) is 4.21. The van der Waals surface area contributed by atoms with Crippen LogP contribution in [-0.4, -0.2) is 34.8 Å². The van der Waals surface area contributed by atoms with E-state index in [-0.39, 0.29) is 12.5 Å². The number of carbonyl (C=O) groups is 1. The minimum absolute atomic E-state index is 0.00474. The molecule has 0 bridgehead atoms. The minimum Gasteiger partial charge on any atom is -0.760 e. The van der Waals surface area contributed by atoms with E-state index >= 15 is 0 Å². The summed E-state index contributed by atoms with van der Waals surface area (Å²) in [6, 6.07) is 13.1. The molecule has 0 saturated carbocycles. The summed E-state index contributed by atoms with van der Waals surface area (Å²) in [7, 11) is 0. The molecule has 5 rings (SSSR count). The van der Waals surface area contributed by atoms with Gasteiger partial charge in [0.05, 0.1) is 6.20 Å². The number of nitrogens with zero attached hydrogens (tertiary/aromatic N) is 3. The van der Waals surface area contributed by atoms with Crippen LogP contribution in [0.3, 0.4) is 0 Å². The van der Waals surface area contributed by atoms with Gasteiger partial charge in [-0.1, -0.05) is 24.3 Å². The fourth-order valence-electron chi connectivity index (χ4n) is 3.61. The molecule has 1 atom stereocenters. The Morgan fingerprint density at radius 3 is 2.91 bits per heavy atom. The van der Waals surface area contributed by atoms with Gasteiger partial charge in [-0.25, -0.2) is 14.7 Å². The Morgan fingerprint density at radius 2 is 2.03 bits per heavy atom. The Labute approximate surface area is 185 Å². The van der Waals surface area contributed by atoms with Crippen LogP contribution in [0.4, 0.5) is 17.2 Å². The van der Waals surface area contributed by atoms with Gasteiger partial charge in [-0.05, 0) is 35.7 Å². The molecule has 0 spiro atoms. The van der Waals surface area contributed by atoms with E-state index in [9.17, 15) is 13.6 Å². The van der Waals surface area contributed by atoms with Gasteiger partial charge >= 0.3 is 0 Å². The molecule has 10 nitrogen and oxygen atoms in total. The number of aromatic nitrogens is 4. The van der Waals surface area contributed by atoms with Crippen LogP contribution < -0.4 is 15.4 Å². The fraction of sp³-hybridized carbons (Fsp3) is 0.143. The van der Waals surface area contributed by atoms with Crippen LogP contribution in [0.25, 0.3) is 22.4 Å². The quantitative estimate of drug-likeness (QED) is 0.331. The number of amides is 1. The lowest BCUT2D eigenvalue weighted by Gasteiger charge is -2.18. The second-order valence-corrected chi connectivity index (χ2v) is 8.09. The molecule has 11 heteroatoms. The topological polar surface area (TPSA) is 148 Å². The van der Waals surface area contributed by atoms with Crippen LogP contribution in [0.15, 0.2) is 48.7 Å². The molecule has 0 aliphatic carbocycles. The molecule has 2 aromatic carbocycles. The predicted molar refractivity (Wildman–Crippen MR) is 120 cm³/mol. The molecule has 1 unspecified atom stereocenters. The van der Waals surface area contributed by atoms with Gasteiger partial charge in [0.15, 0.2) is 11.6 Å². The monoisotopic (exact) mass is 448 g/mol. The lowest BCUT2D eigenvalue weighted by Crippen LogP contribution is -2.18. The van der Waals surface area contributed by atoms with Crippen molar-refractivity contribution < 1.29 is 13.6 Å². The van der Waals surface area contributed by atoms with Gasteiger partial charge in [-0.3, -0.25) is 14.1 Å². The number of rotatable bonds is 6. The Balaban J connectivity index is 1.49. The molecular formula is C21H18N7O3S-. The smallest absolute Gasteiger partial charge is 0.224 e. The predicted octanol–water partition coefficient (Wildman–Crippen LogP) is 2.53. The lowest BCUT2D eigenvalue weighted by atomic mass is 10.0. The molecule has 32 heavy (non-hydrogen) atoms. The first-order valence-electron chi connectivity index (χ1n) is 9.88. The number of H-pyrrole nitrogens is 1. The van der Waals surface area contributed by atoms with Crippen molar-refractivity contribution in [3.63, 3.8) is 0 Å². The van der Waals surface area contributed by atoms with Gasteiger partial charge in [0, 0.05) is 41.2 Å². The number of hydrogen-bond donors (Lipinski definition) is 4. The second kappa shape index (κ2) is 8.46. The number of nitrogens with one attached hydrogen (secondary N) is 4. The molecule has 0 radical (unpaired) electrons. The third-order valence-electron chi connectivity index (χ3n) is 5.15. The van der Waals surface area contributed by atoms with Gasteiger partial charge < -0.3 is 15.2 Å². The maximum Gasteiger partial charge on any atom is 0.224 e. The lowest BCUT2D eigenvalue weighted by molar-refractivity contribution is -0.116. The Bertz CT molecular complexity index is 1350. The zero-order valence-corrected chi connectivity index (χ0v) is 17.5. The van der Waals surface area contributed by atoms with E-state index in [1.54, 1.807) is 6.20 Å².